The number of methoxy groups -OCH3 is 1. The van der Waals surface area contributed by atoms with Crippen molar-refractivity contribution in [2.75, 3.05) is 13.7 Å². The molecule has 0 saturated heterocycles. The summed E-state index contributed by atoms with van der Waals surface area (Å²) in [6.07, 6.45) is 1.50. The quantitative estimate of drug-likeness (QED) is 0.630. The monoisotopic (exact) mass is 395 g/mol. The van der Waals surface area contributed by atoms with E-state index in [4.69, 9.17) is 9.47 Å². The molecule has 0 radical (unpaired) electrons. The van der Waals surface area contributed by atoms with Gasteiger partial charge in [0.15, 0.2) is 11.5 Å². The summed E-state index contributed by atoms with van der Waals surface area (Å²) in [7, 11) is 1.61. The summed E-state index contributed by atoms with van der Waals surface area (Å²) in [5.41, 5.74) is 2.26. The van der Waals surface area contributed by atoms with Gasteiger partial charge in [-0.3, -0.25) is 4.79 Å². The minimum Gasteiger partial charge on any atom is -0.493 e. The Labute approximate surface area is 169 Å². The van der Waals surface area contributed by atoms with Gasteiger partial charge in [0.05, 0.1) is 25.4 Å². The van der Waals surface area contributed by atoms with Gasteiger partial charge in [-0.05, 0) is 65.2 Å². The Balaban J connectivity index is 1.67. The Kier molecular flexibility index (Phi) is 6.43. The maximum absolute atomic E-state index is 12.6. The van der Waals surface area contributed by atoms with Crippen LogP contribution in [0.5, 0.6) is 11.5 Å². The number of carbonyl (C=O) groups excluding carboxylic acids is 1. The van der Waals surface area contributed by atoms with Crippen LogP contribution in [0.3, 0.4) is 0 Å². The lowest BCUT2D eigenvalue weighted by Crippen LogP contribution is -2.26. The summed E-state index contributed by atoms with van der Waals surface area (Å²) in [5, 5.41) is 14.0. The van der Waals surface area contributed by atoms with Crippen molar-refractivity contribution in [3.05, 3.63) is 59.9 Å². The average Bonchev–Trinajstić information content (AvgIpc) is 3.27. The van der Waals surface area contributed by atoms with E-state index in [1.807, 2.05) is 25.1 Å². The number of benzene rings is 2. The molecule has 1 aromatic heterocycles. The number of aromatic nitrogens is 4. The molecule has 2 aromatic carbocycles. The van der Waals surface area contributed by atoms with Gasteiger partial charge in [-0.1, -0.05) is 19.9 Å². The summed E-state index contributed by atoms with van der Waals surface area (Å²) < 4.78 is 12.8. The highest BCUT2D eigenvalue weighted by molar-refractivity contribution is 5.94. The number of nitrogens with one attached hydrogen (secondary N) is 1. The average molecular weight is 395 g/mol. The Hall–Kier alpha value is -3.42. The van der Waals surface area contributed by atoms with Gasteiger partial charge in [-0.25, -0.2) is 4.68 Å². The molecular weight excluding hydrogens is 370 g/mol. The maximum atomic E-state index is 12.6. The van der Waals surface area contributed by atoms with Crippen LogP contribution in [0.15, 0.2) is 48.8 Å². The Bertz CT molecular complexity index is 939. The fourth-order valence-electron chi connectivity index (χ4n) is 2.74. The predicted octanol–water partition coefficient (Wildman–Crippen LogP) is 3.20. The van der Waals surface area contributed by atoms with Crippen molar-refractivity contribution in [2.45, 2.75) is 26.8 Å². The third kappa shape index (κ3) is 5.10. The highest BCUT2D eigenvalue weighted by atomic mass is 16.5. The van der Waals surface area contributed by atoms with Crippen molar-refractivity contribution in [1.29, 1.82) is 0 Å². The fourth-order valence-corrected chi connectivity index (χ4v) is 2.74. The summed E-state index contributed by atoms with van der Waals surface area (Å²) >= 11 is 0. The van der Waals surface area contributed by atoms with Crippen molar-refractivity contribution in [2.24, 2.45) is 5.92 Å². The minimum absolute atomic E-state index is 0.167. The predicted molar refractivity (Wildman–Crippen MR) is 108 cm³/mol. The molecule has 1 atom stereocenters. The van der Waals surface area contributed by atoms with E-state index in [2.05, 4.69) is 34.7 Å². The third-order valence-electron chi connectivity index (χ3n) is 4.35. The molecule has 1 amide bonds. The van der Waals surface area contributed by atoms with Crippen LogP contribution in [0.2, 0.25) is 0 Å². The number of tetrazole rings is 1. The van der Waals surface area contributed by atoms with E-state index in [9.17, 15) is 4.79 Å². The van der Waals surface area contributed by atoms with E-state index in [0.29, 0.717) is 29.6 Å². The summed E-state index contributed by atoms with van der Waals surface area (Å²) in [6.45, 7) is 6.72. The van der Waals surface area contributed by atoms with E-state index in [1.165, 1.54) is 11.0 Å². The molecule has 3 rings (SSSR count). The molecule has 8 nitrogen and oxygen atoms in total. The lowest BCUT2D eigenvalue weighted by Gasteiger charge is -2.18. The van der Waals surface area contributed by atoms with Crippen LogP contribution in [0.25, 0.3) is 5.69 Å². The molecule has 152 valence electrons. The molecule has 1 unspecified atom stereocenters. The van der Waals surface area contributed by atoms with Crippen LogP contribution in [0, 0.1) is 5.92 Å². The molecule has 0 aliphatic carbocycles. The van der Waals surface area contributed by atoms with Crippen molar-refractivity contribution >= 4 is 5.91 Å². The number of hydrogen-bond donors (Lipinski definition) is 1. The summed E-state index contributed by atoms with van der Waals surface area (Å²) in [5.74, 6) is 1.60. The standard InChI is InChI=1S/C21H25N5O3/c1-14(2)12-29-19-10-7-17(11-20(19)28-4)15(3)23-21(27)16-5-8-18(9-6-16)26-13-22-24-25-26/h5-11,13-15H,12H2,1-4H3,(H,23,27). The van der Waals surface area contributed by atoms with Gasteiger partial charge >= 0.3 is 0 Å². The molecule has 0 fully saturated rings. The number of nitrogens with zero attached hydrogens (tertiary/aromatic N) is 4. The van der Waals surface area contributed by atoms with Crippen molar-refractivity contribution < 1.29 is 14.3 Å². The highest BCUT2D eigenvalue weighted by Crippen LogP contribution is 2.30. The minimum atomic E-state index is -0.199. The molecule has 29 heavy (non-hydrogen) atoms. The topological polar surface area (TPSA) is 91.2 Å². The third-order valence-corrected chi connectivity index (χ3v) is 4.35. The van der Waals surface area contributed by atoms with E-state index in [-0.39, 0.29) is 11.9 Å². The molecule has 0 spiro atoms. The zero-order chi connectivity index (χ0) is 20.8. The van der Waals surface area contributed by atoms with Gasteiger partial charge in [-0.2, -0.15) is 0 Å². The van der Waals surface area contributed by atoms with Crippen molar-refractivity contribution in [3.63, 3.8) is 0 Å². The van der Waals surface area contributed by atoms with E-state index in [1.54, 1.807) is 31.4 Å². The Morgan fingerprint density at radius 3 is 2.48 bits per heavy atom. The lowest BCUT2D eigenvalue weighted by atomic mass is 10.1. The van der Waals surface area contributed by atoms with E-state index < -0.39 is 0 Å². The maximum Gasteiger partial charge on any atom is 0.251 e. The largest absolute Gasteiger partial charge is 0.493 e. The number of rotatable bonds is 8. The van der Waals surface area contributed by atoms with Gasteiger partial charge < -0.3 is 14.8 Å². The summed E-state index contributed by atoms with van der Waals surface area (Å²) in [4.78, 5) is 12.6. The van der Waals surface area contributed by atoms with Gasteiger partial charge in [0, 0.05) is 5.56 Å². The Morgan fingerprint density at radius 1 is 1.10 bits per heavy atom. The normalized spacial score (nSPS) is 11.9. The molecule has 1 heterocycles. The van der Waals surface area contributed by atoms with Gasteiger partial charge in [0.1, 0.15) is 6.33 Å². The zero-order valence-corrected chi connectivity index (χ0v) is 17.0. The highest BCUT2D eigenvalue weighted by Gasteiger charge is 2.15. The number of carbonyl (C=O) groups is 1. The van der Waals surface area contributed by atoms with E-state index >= 15 is 0 Å². The lowest BCUT2D eigenvalue weighted by molar-refractivity contribution is 0.0940. The molecule has 0 bridgehead atoms. The van der Waals surface area contributed by atoms with Gasteiger partial charge in [0.25, 0.3) is 5.91 Å². The first-order valence-electron chi connectivity index (χ1n) is 9.43. The fraction of sp³-hybridized carbons (Fsp3) is 0.333. The second-order valence-corrected chi connectivity index (χ2v) is 7.11. The summed E-state index contributed by atoms with van der Waals surface area (Å²) in [6, 6.07) is 12.6. The van der Waals surface area contributed by atoms with Gasteiger partial charge in [-0.15, -0.1) is 5.10 Å². The van der Waals surface area contributed by atoms with Crippen LogP contribution < -0.4 is 14.8 Å². The smallest absolute Gasteiger partial charge is 0.251 e. The van der Waals surface area contributed by atoms with Crippen LogP contribution in [-0.4, -0.2) is 39.8 Å². The molecular formula is C21H25N5O3. The van der Waals surface area contributed by atoms with Crippen LogP contribution in [0.1, 0.15) is 42.7 Å². The first-order valence-corrected chi connectivity index (χ1v) is 9.43. The first-order chi connectivity index (χ1) is 14.0. The van der Waals surface area contributed by atoms with Crippen LogP contribution in [-0.2, 0) is 0 Å². The number of hydrogen-bond acceptors (Lipinski definition) is 6. The second-order valence-electron chi connectivity index (χ2n) is 7.11. The molecule has 1 N–H and O–H groups in total. The van der Waals surface area contributed by atoms with Crippen molar-refractivity contribution in [3.8, 4) is 17.2 Å². The first kappa shape index (κ1) is 20.3. The number of amides is 1. The number of ether oxygens (including phenoxy) is 2. The van der Waals surface area contributed by atoms with Crippen LogP contribution >= 0.6 is 0 Å². The molecule has 0 aliphatic heterocycles. The van der Waals surface area contributed by atoms with Crippen LogP contribution in [0.4, 0.5) is 0 Å². The van der Waals surface area contributed by atoms with E-state index in [0.717, 1.165) is 11.3 Å². The molecule has 0 aliphatic rings. The zero-order valence-electron chi connectivity index (χ0n) is 17.0. The SMILES string of the molecule is COc1cc(C(C)NC(=O)c2ccc(-n3cnnn3)cc2)ccc1OCC(C)C. The molecule has 8 heteroatoms. The second kappa shape index (κ2) is 9.18. The van der Waals surface area contributed by atoms with Crippen molar-refractivity contribution in [1.82, 2.24) is 25.5 Å². The molecule has 3 aromatic rings. The Morgan fingerprint density at radius 2 is 1.86 bits per heavy atom. The van der Waals surface area contributed by atoms with Gasteiger partial charge in [0.2, 0.25) is 0 Å². The molecule has 0 saturated carbocycles.